The van der Waals surface area contributed by atoms with E-state index in [1.54, 1.807) is 0 Å². The molecule has 0 unspecified atom stereocenters. The highest BCUT2D eigenvalue weighted by Crippen LogP contribution is 2.34. The zero-order valence-corrected chi connectivity index (χ0v) is 12.8. The Hall–Kier alpha value is -2.68. The van der Waals surface area contributed by atoms with Crippen molar-refractivity contribution in [3.05, 3.63) is 71.9 Å². The minimum absolute atomic E-state index is 0.814. The quantitative estimate of drug-likeness (QED) is 0.886. The van der Waals surface area contributed by atoms with Gasteiger partial charge in [0.05, 0.1) is 11.4 Å². The number of nitrogens with two attached hydrogens (primary N) is 1. The molecule has 22 heavy (non-hydrogen) atoms. The van der Waals surface area contributed by atoms with Gasteiger partial charge in [0.25, 0.3) is 0 Å². The van der Waals surface area contributed by atoms with Crippen molar-refractivity contribution in [2.24, 2.45) is 5.73 Å². The summed E-state index contributed by atoms with van der Waals surface area (Å²) in [6, 6.07) is 16.8. The number of nitrogens with zero attached hydrogens (tertiary/aromatic N) is 1. The molecule has 0 atom stereocenters. The fourth-order valence-corrected chi connectivity index (χ4v) is 2.87. The van der Waals surface area contributed by atoms with Crippen molar-refractivity contribution in [3.63, 3.8) is 0 Å². The van der Waals surface area contributed by atoms with Gasteiger partial charge in [-0.2, -0.15) is 0 Å². The summed E-state index contributed by atoms with van der Waals surface area (Å²) >= 11 is 0. The van der Waals surface area contributed by atoms with E-state index in [0.717, 1.165) is 35.6 Å². The number of allylic oxidation sites excluding steroid dienone is 1. The van der Waals surface area contributed by atoms with Crippen LogP contribution in [0.5, 0.6) is 0 Å². The van der Waals surface area contributed by atoms with Crippen LogP contribution in [0.3, 0.4) is 0 Å². The second kappa shape index (κ2) is 5.98. The maximum atomic E-state index is 6.07. The van der Waals surface area contributed by atoms with E-state index >= 15 is 0 Å². The summed E-state index contributed by atoms with van der Waals surface area (Å²) in [6.07, 6.45) is 1.88. The molecule has 2 aromatic carbocycles. The highest BCUT2D eigenvalue weighted by Gasteiger charge is 2.20. The molecule has 1 aliphatic heterocycles. The van der Waals surface area contributed by atoms with Gasteiger partial charge in [0.2, 0.25) is 0 Å². The van der Waals surface area contributed by atoms with Gasteiger partial charge in [-0.05, 0) is 30.7 Å². The first-order chi connectivity index (χ1) is 10.7. The number of para-hydroxylation sites is 1. The number of nitrogens with one attached hydrogen (secondary N) is 1. The van der Waals surface area contributed by atoms with Crippen molar-refractivity contribution in [2.45, 2.75) is 6.92 Å². The first kappa shape index (κ1) is 14.3. The maximum Gasteiger partial charge on any atom is 0.0623 e. The van der Waals surface area contributed by atoms with Crippen LogP contribution in [0.1, 0.15) is 18.1 Å². The lowest BCUT2D eigenvalue weighted by Crippen LogP contribution is -2.24. The van der Waals surface area contributed by atoms with Crippen LogP contribution in [0.25, 0.3) is 11.8 Å². The van der Waals surface area contributed by atoms with Crippen LogP contribution < -0.4 is 16.0 Å². The third kappa shape index (κ3) is 2.58. The van der Waals surface area contributed by atoms with Gasteiger partial charge in [0, 0.05) is 30.0 Å². The molecule has 0 aromatic heterocycles. The van der Waals surface area contributed by atoms with Gasteiger partial charge in [-0.3, -0.25) is 0 Å². The largest absolute Gasteiger partial charge is 0.401 e. The summed E-state index contributed by atoms with van der Waals surface area (Å²) in [5.41, 5.74) is 12.5. The molecule has 0 amide bonds. The molecule has 0 spiro atoms. The van der Waals surface area contributed by atoms with Gasteiger partial charge in [0.1, 0.15) is 0 Å². The fourth-order valence-electron chi connectivity index (χ4n) is 2.87. The molecule has 1 aliphatic rings. The zero-order chi connectivity index (χ0) is 15.5. The van der Waals surface area contributed by atoms with Crippen molar-refractivity contribution >= 4 is 23.1 Å². The summed E-state index contributed by atoms with van der Waals surface area (Å²) in [4.78, 5) is 2.32. The van der Waals surface area contributed by atoms with Crippen LogP contribution >= 0.6 is 0 Å². The Kier molecular flexibility index (Phi) is 3.88. The Bertz CT molecular complexity index is 727. The van der Waals surface area contributed by atoms with Gasteiger partial charge in [-0.1, -0.05) is 43.0 Å². The van der Waals surface area contributed by atoms with E-state index in [1.807, 2.05) is 19.1 Å². The van der Waals surface area contributed by atoms with E-state index in [2.05, 4.69) is 59.3 Å². The summed E-state index contributed by atoms with van der Waals surface area (Å²) in [5, 5.41) is 3.46. The second-order valence-electron chi connectivity index (χ2n) is 5.45. The Morgan fingerprint density at radius 1 is 1.23 bits per heavy atom. The maximum absolute atomic E-state index is 6.07. The van der Waals surface area contributed by atoms with Crippen LogP contribution in [0.15, 0.2) is 60.8 Å². The minimum Gasteiger partial charge on any atom is -0.401 e. The molecular weight excluding hydrogens is 270 g/mol. The molecule has 0 saturated carbocycles. The van der Waals surface area contributed by atoms with Crippen LogP contribution in [0, 0.1) is 0 Å². The van der Waals surface area contributed by atoms with Crippen LogP contribution in [0.2, 0.25) is 0 Å². The Labute approximate surface area is 131 Å². The van der Waals surface area contributed by atoms with Crippen molar-refractivity contribution in [2.75, 3.05) is 18.0 Å². The zero-order valence-electron chi connectivity index (χ0n) is 12.8. The molecule has 3 heteroatoms. The van der Waals surface area contributed by atoms with E-state index in [4.69, 9.17) is 5.73 Å². The van der Waals surface area contributed by atoms with Crippen LogP contribution in [0.4, 0.5) is 11.4 Å². The average Bonchev–Trinajstić information content (AvgIpc) is 2.74. The molecular formula is C19H21N3. The predicted molar refractivity (Wildman–Crippen MR) is 94.8 cm³/mol. The average molecular weight is 291 g/mol. The standard InChI is InChI=1S/C19H21N3/c1-3-15-7-6-8-16(13-15)22-12-11-21-19(14(2)20)17-9-4-5-10-18(17)22/h3-10,13,21H,1,11-12,20H2,2H3/b19-14-. The van der Waals surface area contributed by atoms with Crippen LogP contribution in [-0.4, -0.2) is 13.1 Å². The molecule has 0 fully saturated rings. The molecule has 1 heterocycles. The van der Waals surface area contributed by atoms with Gasteiger partial charge in [-0.25, -0.2) is 0 Å². The molecule has 0 radical (unpaired) electrons. The number of hydrogen-bond acceptors (Lipinski definition) is 3. The number of anilines is 2. The Morgan fingerprint density at radius 3 is 2.82 bits per heavy atom. The number of fused-ring (bicyclic) bond motifs is 1. The highest BCUT2D eigenvalue weighted by molar-refractivity contribution is 5.82. The summed E-state index contributed by atoms with van der Waals surface area (Å²) in [7, 11) is 0. The Morgan fingerprint density at radius 2 is 2.05 bits per heavy atom. The van der Waals surface area contributed by atoms with E-state index in [1.165, 1.54) is 11.4 Å². The third-order valence-electron chi connectivity index (χ3n) is 3.91. The van der Waals surface area contributed by atoms with Crippen molar-refractivity contribution in [1.29, 1.82) is 0 Å². The number of rotatable bonds is 2. The monoisotopic (exact) mass is 291 g/mol. The van der Waals surface area contributed by atoms with Gasteiger partial charge in [-0.15, -0.1) is 0 Å². The van der Waals surface area contributed by atoms with Crippen molar-refractivity contribution < 1.29 is 0 Å². The van der Waals surface area contributed by atoms with Gasteiger partial charge >= 0.3 is 0 Å². The molecule has 3 rings (SSSR count). The molecule has 0 saturated heterocycles. The summed E-state index contributed by atoms with van der Waals surface area (Å²) in [5.74, 6) is 0. The smallest absolute Gasteiger partial charge is 0.0623 e. The fraction of sp³-hybridized carbons (Fsp3) is 0.158. The molecule has 3 nitrogen and oxygen atoms in total. The lowest BCUT2D eigenvalue weighted by Gasteiger charge is -2.25. The molecule has 2 aromatic rings. The van der Waals surface area contributed by atoms with E-state index in [-0.39, 0.29) is 0 Å². The highest BCUT2D eigenvalue weighted by atomic mass is 15.2. The first-order valence-corrected chi connectivity index (χ1v) is 7.50. The molecule has 112 valence electrons. The van der Waals surface area contributed by atoms with Crippen molar-refractivity contribution in [3.8, 4) is 0 Å². The number of benzene rings is 2. The second-order valence-corrected chi connectivity index (χ2v) is 5.45. The van der Waals surface area contributed by atoms with E-state index < -0.39 is 0 Å². The number of hydrogen-bond donors (Lipinski definition) is 2. The summed E-state index contributed by atoms with van der Waals surface area (Å²) < 4.78 is 0. The first-order valence-electron chi connectivity index (χ1n) is 7.50. The van der Waals surface area contributed by atoms with Gasteiger partial charge in [0.15, 0.2) is 0 Å². The molecule has 3 N–H and O–H groups in total. The van der Waals surface area contributed by atoms with E-state index in [9.17, 15) is 0 Å². The normalized spacial score (nSPS) is 16.3. The lowest BCUT2D eigenvalue weighted by atomic mass is 10.1. The topological polar surface area (TPSA) is 41.3 Å². The Balaban J connectivity index is 2.14. The molecule has 0 aliphatic carbocycles. The van der Waals surface area contributed by atoms with Crippen LogP contribution in [-0.2, 0) is 0 Å². The third-order valence-corrected chi connectivity index (χ3v) is 3.91. The minimum atomic E-state index is 0.814. The lowest BCUT2D eigenvalue weighted by molar-refractivity contribution is 0.846. The van der Waals surface area contributed by atoms with Gasteiger partial charge < -0.3 is 16.0 Å². The SMILES string of the molecule is C=Cc1cccc(N2CCN/C(=C(/C)N)c3ccccc32)c1. The van der Waals surface area contributed by atoms with E-state index in [0.29, 0.717) is 0 Å². The molecule has 0 bridgehead atoms. The predicted octanol–water partition coefficient (Wildman–Crippen LogP) is 3.72. The van der Waals surface area contributed by atoms with Crippen molar-refractivity contribution in [1.82, 2.24) is 5.32 Å². The summed E-state index contributed by atoms with van der Waals surface area (Å²) in [6.45, 7) is 7.53.